The van der Waals surface area contributed by atoms with Crippen molar-refractivity contribution in [2.75, 3.05) is 6.61 Å². The molecule has 0 unspecified atom stereocenters. The third-order valence-corrected chi connectivity index (χ3v) is 5.77. The first-order valence-corrected chi connectivity index (χ1v) is 9.73. The van der Waals surface area contributed by atoms with Gasteiger partial charge in [-0.1, -0.05) is 30.0 Å². The highest BCUT2D eigenvalue weighted by atomic mass is 32.2. The number of aromatic nitrogens is 3. The zero-order valence-corrected chi connectivity index (χ0v) is 16.1. The third kappa shape index (κ3) is 4.64. The number of carboxylic acid groups (broad SMARTS) is 1. The second-order valence-corrected chi connectivity index (χ2v) is 8.80. The number of aliphatic carboxylic acids is 1. The lowest BCUT2D eigenvalue weighted by Gasteiger charge is -2.15. The average Bonchev–Trinajstić information content (AvgIpc) is 3.25. The van der Waals surface area contributed by atoms with Gasteiger partial charge in [-0.15, -0.1) is 11.3 Å². The van der Waals surface area contributed by atoms with E-state index in [0.717, 1.165) is 15.7 Å². The van der Waals surface area contributed by atoms with Gasteiger partial charge in [0.25, 0.3) is 0 Å². The summed E-state index contributed by atoms with van der Waals surface area (Å²) in [7, 11) is 0. The van der Waals surface area contributed by atoms with Crippen molar-refractivity contribution in [1.82, 2.24) is 14.8 Å². The van der Waals surface area contributed by atoms with E-state index in [1.54, 1.807) is 24.7 Å². The molecule has 0 bridgehead atoms. The molecule has 0 spiro atoms. The number of thioether (sulfide) groups is 1. The van der Waals surface area contributed by atoms with E-state index in [-0.39, 0.29) is 0 Å². The summed E-state index contributed by atoms with van der Waals surface area (Å²) in [6, 6.07) is 9.83. The minimum absolute atomic E-state index is 0.483. The highest BCUT2D eigenvalue weighted by molar-refractivity contribution is 8.02. The number of hydrogen-bond acceptors (Lipinski definition) is 6. The van der Waals surface area contributed by atoms with Crippen molar-refractivity contribution in [2.24, 2.45) is 0 Å². The molecule has 1 aromatic carbocycles. The van der Waals surface area contributed by atoms with Crippen LogP contribution in [0.15, 0.2) is 52.4 Å². The standard InChI is InChI=1S/C18H19N3O3S2/c1-18(2,16(22)23)26-17-20-13(12-25-17)8-9-24-15-10-19-21(11-15)14-6-4-3-5-7-14/h3-7,10-12H,8-9H2,1-2H3,(H,22,23). The Bertz CT molecular complexity index is 875. The van der Waals surface area contributed by atoms with Gasteiger partial charge in [0.2, 0.25) is 0 Å². The minimum atomic E-state index is -0.891. The molecule has 3 rings (SSSR count). The molecule has 0 saturated carbocycles. The Morgan fingerprint density at radius 1 is 1.35 bits per heavy atom. The van der Waals surface area contributed by atoms with Crippen molar-refractivity contribution in [3.8, 4) is 11.4 Å². The van der Waals surface area contributed by atoms with E-state index in [2.05, 4.69) is 10.1 Å². The summed E-state index contributed by atoms with van der Waals surface area (Å²) in [5.74, 6) is -0.149. The largest absolute Gasteiger partial charge is 0.490 e. The molecule has 8 heteroatoms. The lowest BCUT2D eigenvalue weighted by Crippen LogP contribution is -2.26. The molecule has 6 nitrogen and oxygen atoms in total. The summed E-state index contributed by atoms with van der Waals surface area (Å²) in [4.78, 5) is 15.7. The van der Waals surface area contributed by atoms with Crippen LogP contribution in [0, 0.1) is 0 Å². The SMILES string of the molecule is CC(C)(Sc1nc(CCOc2cnn(-c3ccccc3)c2)cs1)C(=O)O. The third-order valence-electron chi connectivity index (χ3n) is 3.59. The van der Waals surface area contributed by atoms with Crippen LogP contribution in [0.3, 0.4) is 0 Å². The maximum absolute atomic E-state index is 11.2. The number of hydrogen-bond donors (Lipinski definition) is 1. The van der Waals surface area contributed by atoms with E-state index in [0.29, 0.717) is 18.8 Å². The van der Waals surface area contributed by atoms with Crippen molar-refractivity contribution >= 4 is 29.1 Å². The van der Waals surface area contributed by atoms with Crippen LogP contribution in [-0.2, 0) is 11.2 Å². The molecule has 0 fully saturated rings. The van der Waals surface area contributed by atoms with Gasteiger partial charge in [-0.3, -0.25) is 4.79 Å². The van der Waals surface area contributed by atoms with Gasteiger partial charge in [0.1, 0.15) is 4.75 Å². The van der Waals surface area contributed by atoms with Crippen LogP contribution in [0.5, 0.6) is 5.75 Å². The van der Waals surface area contributed by atoms with Crippen molar-refractivity contribution in [3.05, 3.63) is 53.8 Å². The van der Waals surface area contributed by atoms with Crippen LogP contribution >= 0.6 is 23.1 Å². The van der Waals surface area contributed by atoms with Crippen LogP contribution in [0.1, 0.15) is 19.5 Å². The zero-order valence-electron chi connectivity index (χ0n) is 14.5. The van der Waals surface area contributed by atoms with Gasteiger partial charge in [0.15, 0.2) is 10.1 Å². The summed E-state index contributed by atoms with van der Waals surface area (Å²) in [5.41, 5.74) is 1.87. The highest BCUT2D eigenvalue weighted by Crippen LogP contribution is 2.34. The zero-order chi connectivity index (χ0) is 18.6. The Kier molecular flexibility index (Phi) is 5.63. The molecule has 2 heterocycles. The summed E-state index contributed by atoms with van der Waals surface area (Å²) in [5, 5.41) is 15.4. The van der Waals surface area contributed by atoms with E-state index in [1.807, 2.05) is 41.9 Å². The summed E-state index contributed by atoms with van der Waals surface area (Å²) in [6.45, 7) is 3.83. The minimum Gasteiger partial charge on any atom is -0.490 e. The van der Waals surface area contributed by atoms with Crippen molar-refractivity contribution in [2.45, 2.75) is 29.4 Å². The van der Waals surface area contributed by atoms with E-state index < -0.39 is 10.7 Å². The summed E-state index contributed by atoms with van der Waals surface area (Å²) in [6.07, 6.45) is 4.18. The van der Waals surface area contributed by atoms with E-state index in [9.17, 15) is 9.90 Å². The van der Waals surface area contributed by atoms with Gasteiger partial charge in [-0.2, -0.15) is 5.10 Å². The first kappa shape index (κ1) is 18.5. The van der Waals surface area contributed by atoms with E-state index in [1.165, 1.54) is 23.1 Å². The molecular weight excluding hydrogens is 370 g/mol. The molecule has 136 valence electrons. The molecule has 26 heavy (non-hydrogen) atoms. The van der Waals surface area contributed by atoms with E-state index in [4.69, 9.17) is 4.74 Å². The van der Waals surface area contributed by atoms with Gasteiger partial charge >= 0.3 is 5.97 Å². The maximum atomic E-state index is 11.2. The number of ether oxygens (including phenoxy) is 1. The molecule has 0 aliphatic rings. The highest BCUT2D eigenvalue weighted by Gasteiger charge is 2.29. The smallest absolute Gasteiger partial charge is 0.319 e. The molecule has 0 atom stereocenters. The number of rotatable bonds is 8. The Morgan fingerprint density at radius 2 is 2.12 bits per heavy atom. The fourth-order valence-corrected chi connectivity index (χ4v) is 4.31. The van der Waals surface area contributed by atoms with Gasteiger partial charge in [-0.25, -0.2) is 9.67 Å². The number of carboxylic acids is 1. The fourth-order valence-electron chi connectivity index (χ4n) is 2.09. The molecule has 0 aliphatic carbocycles. The Morgan fingerprint density at radius 3 is 2.85 bits per heavy atom. The number of thiazole rings is 1. The number of nitrogens with zero attached hydrogens (tertiary/aromatic N) is 3. The van der Waals surface area contributed by atoms with Gasteiger partial charge < -0.3 is 9.84 Å². The molecule has 0 aliphatic heterocycles. The predicted octanol–water partition coefficient (Wildman–Crippen LogP) is 3.91. The number of benzene rings is 1. The van der Waals surface area contributed by atoms with Gasteiger partial charge in [-0.05, 0) is 26.0 Å². The first-order valence-electron chi connectivity index (χ1n) is 8.04. The lowest BCUT2D eigenvalue weighted by molar-refractivity contribution is -0.138. The number of para-hydroxylation sites is 1. The van der Waals surface area contributed by atoms with Crippen LogP contribution in [0.4, 0.5) is 0 Å². The van der Waals surface area contributed by atoms with E-state index >= 15 is 0 Å². The fraction of sp³-hybridized carbons (Fsp3) is 0.278. The lowest BCUT2D eigenvalue weighted by atomic mass is 10.2. The van der Waals surface area contributed by atoms with Crippen molar-refractivity contribution in [3.63, 3.8) is 0 Å². The molecule has 0 amide bonds. The Labute approximate surface area is 159 Å². The maximum Gasteiger partial charge on any atom is 0.319 e. The van der Waals surface area contributed by atoms with Crippen LogP contribution in [-0.4, -0.2) is 37.2 Å². The van der Waals surface area contributed by atoms with Crippen molar-refractivity contribution < 1.29 is 14.6 Å². The second kappa shape index (κ2) is 7.92. The summed E-state index contributed by atoms with van der Waals surface area (Å²) < 4.78 is 7.37. The average molecular weight is 390 g/mol. The molecule has 3 aromatic rings. The monoisotopic (exact) mass is 389 g/mol. The second-order valence-electron chi connectivity index (χ2n) is 6.08. The summed E-state index contributed by atoms with van der Waals surface area (Å²) >= 11 is 2.72. The van der Waals surface area contributed by atoms with Crippen LogP contribution < -0.4 is 4.74 Å². The normalized spacial score (nSPS) is 11.5. The van der Waals surface area contributed by atoms with Gasteiger partial charge in [0.05, 0.1) is 30.4 Å². The predicted molar refractivity (Wildman–Crippen MR) is 102 cm³/mol. The Hall–Kier alpha value is -2.32. The topological polar surface area (TPSA) is 77.2 Å². The van der Waals surface area contributed by atoms with Crippen molar-refractivity contribution in [1.29, 1.82) is 0 Å². The molecule has 0 saturated heterocycles. The van der Waals surface area contributed by atoms with Crippen LogP contribution in [0.25, 0.3) is 5.69 Å². The molecule has 2 aromatic heterocycles. The van der Waals surface area contributed by atoms with Crippen LogP contribution in [0.2, 0.25) is 0 Å². The molecular formula is C18H19N3O3S2. The number of carbonyl (C=O) groups is 1. The molecule has 0 radical (unpaired) electrons. The first-order chi connectivity index (χ1) is 12.4. The Balaban J connectivity index is 1.51. The quantitative estimate of drug-likeness (QED) is 0.589. The molecule has 1 N–H and O–H groups in total. The van der Waals surface area contributed by atoms with Gasteiger partial charge in [0, 0.05) is 11.8 Å².